The minimum atomic E-state index is -0.507. The van der Waals surface area contributed by atoms with Gasteiger partial charge in [0.2, 0.25) is 5.91 Å². The monoisotopic (exact) mass is 428 g/mol. The molecule has 31 heavy (non-hydrogen) atoms. The van der Waals surface area contributed by atoms with Crippen LogP contribution in [0.5, 0.6) is 0 Å². The third-order valence-electron chi connectivity index (χ3n) is 5.00. The van der Waals surface area contributed by atoms with Gasteiger partial charge in [-0.3, -0.25) is 4.79 Å². The van der Waals surface area contributed by atoms with E-state index in [2.05, 4.69) is 10.3 Å². The van der Waals surface area contributed by atoms with Crippen molar-refractivity contribution in [1.82, 2.24) is 14.9 Å². The van der Waals surface area contributed by atoms with Gasteiger partial charge in [0.25, 0.3) is 0 Å². The lowest BCUT2D eigenvalue weighted by Gasteiger charge is -2.39. The number of esters is 1. The molecule has 1 aliphatic heterocycles. The van der Waals surface area contributed by atoms with Crippen molar-refractivity contribution < 1.29 is 23.9 Å². The van der Waals surface area contributed by atoms with Crippen molar-refractivity contribution in [3.8, 4) is 5.69 Å². The third-order valence-corrected chi connectivity index (χ3v) is 5.00. The summed E-state index contributed by atoms with van der Waals surface area (Å²) in [4.78, 5) is 42.3. The quantitative estimate of drug-likeness (QED) is 0.733. The Morgan fingerprint density at radius 3 is 2.68 bits per heavy atom. The van der Waals surface area contributed by atoms with E-state index in [1.165, 1.54) is 13.3 Å². The summed E-state index contributed by atoms with van der Waals surface area (Å²) in [5.41, 5.74) is 2.46. The van der Waals surface area contributed by atoms with E-state index in [1.54, 1.807) is 36.4 Å². The zero-order valence-corrected chi connectivity index (χ0v) is 18.4. The Labute approximate surface area is 181 Å². The molecule has 1 N–H and O–H groups in total. The van der Waals surface area contributed by atoms with Gasteiger partial charge in [-0.15, -0.1) is 0 Å². The van der Waals surface area contributed by atoms with E-state index in [-0.39, 0.29) is 36.4 Å². The average molecular weight is 428 g/mol. The number of amides is 2. The molecule has 1 aliphatic rings. The molecule has 2 amide bonds. The predicted octanol–water partition coefficient (Wildman–Crippen LogP) is 3.37. The molecule has 3 rings (SSSR count). The maximum absolute atomic E-state index is 12.3. The van der Waals surface area contributed by atoms with Crippen LogP contribution in [0.15, 0.2) is 30.7 Å². The fourth-order valence-electron chi connectivity index (χ4n) is 3.79. The number of carbonyl (C=O) groups excluding carboxylic acids is 3. The first-order valence-electron chi connectivity index (χ1n) is 10.3. The summed E-state index contributed by atoms with van der Waals surface area (Å²) in [6.07, 6.45) is 2.90. The number of rotatable bonds is 5. The van der Waals surface area contributed by atoms with E-state index in [4.69, 9.17) is 9.47 Å². The maximum atomic E-state index is 12.3. The first kappa shape index (κ1) is 22.3. The summed E-state index contributed by atoms with van der Waals surface area (Å²) in [5, 5.41) is 2.92. The van der Waals surface area contributed by atoms with Crippen molar-refractivity contribution in [2.45, 2.75) is 59.2 Å². The van der Waals surface area contributed by atoms with Crippen molar-refractivity contribution in [2.75, 3.05) is 11.5 Å². The first-order valence-corrected chi connectivity index (χ1v) is 10.3. The van der Waals surface area contributed by atoms with Crippen molar-refractivity contribution in [2.24, 2.45) is 0 Å². The minimum Gasteiger partial charge on any atom is -0.461 e. The molecule has 9 nitrogen and oxygen atoms in total. The van der Waals surface area contributed by atoms with Gasteiger partial charge in [-0.1, -0.05) is 0 Å². The molecule has 9 heteroatoms. The van der Waals surface area contributed by atoms with Gasteiger partial charge in [0, 0.05) is 36.1 Å². The Hall–Kier alpha value is -3.36. The van der Waals surface area contributed by atoms with E-state index < -0.39 is 12.1 Å². The highest BCUT2D eigenvalue weighted by Gasteiger charge is 2.34. The minimum absolute atomic E-state index is 0.0723. The molecule has 0 spiro atoms. The van der Waals surface area contributed by atoms with Crippen LogP contribution in [0.4, 0.5) is 10.5 Å². The zero-order valence-electron chi connectivity index (χ0n) is 18.4. The topological polar surface area (TPSA) is 103 Å². The molecule has 2 atom stereocenters. The van der Waals surface area contributed by atoms with Gasteiger partial charge in [0.05, 0.1) is 18.8 Å². The summed E-state index contributed by atoms with van der Waals surface area (Å²) >= 11 is 0. The fourth-order valence-corrected chi connectivity index (χ4v) is 3.79. The van der Waals surface area contributed by atoms with Gasteiger partial charge in [-0.2, -0.15) is 0 Å². The van der Waals surface area contributed by atoms with Crippen molar-refractivity contribution in [1.29, 1.82) is 0 Å². The Balaban J connectivity index is 1.98. The van der Waals surface area contributed by atoms with Gasteiger partial charge in [-0.25, -0.2) is 14.6 Å². The van der Waals surface area contributed by atoms with Crippen LogP contribution in [-0.4, -0.2) is 46.3 Å². The van der Waals surface area contributed by atoms with Crippen molar-refractivity contribution in [3.63, 3.8) is 0 Å². The van der Waals surface area contributed by atoms with Gasteiger partial charge in [0.15, 0.2) is 5.69 Å². The highest BCUT2D eigenvalue weighted by molar-refractivity contribution is 5.94. The summed E-state index contributed by atoms with van der Waals surface area (Å²) in [5.74, 6) is -0.566. The van der Waals surface area contributed by atoms with Crippen LogP contribution in [0.1, 0.15) is 63.1 Å². The Morgan fingerprint density at radius 2 is 2.03 bits per heavy atom. The lowest BCUT2D eigenvalue weighted by molar-refractivity contribution is -0.117. The normalized spacial score (nSPS) is 17.8. The SMILES string of the molecule is CCOC(=O)c1cn(-c2ccc3c(c2)[C@@H](NC(=O)OC(C)C)C[C@@H](C)N3C(C)=O)cn1. The molecule has 0 aliphatic carbocycles. The van der Waals surface area contributed by atoms with E-state index in [9.17, 15) is 14.4 Å². The van der Waals surface area contributed by atoms with Crippen LogP contribution in [0.3, 0.4) is 0 Å². The number of alkyl carbamates (subject to hydrolysis) is 1. The molecular weight excluding hydrogens is 400 g/mol. The van der Waals surface area contributed by atoms with Gasteiger partial charge < -0.3 is 24.3 Å². The second-order valence-corrected chi connectivity index (χ2v) is 7.75. The number of imidazole rings is 1. The number of aromatic nitrogens is 2. The van der Waals surface area contributed by atoms with Crippen LogP contribution < -0.4 is 10.2 Å². The number of nitrogens with zero attached hydrogens (tertiary/aromatic N) is 3. The Kier molecular flexibility index (Phi) is 6.62. The van der Waals surface area contributed by atoms with E-state index >= 15 is 0 Å². The molecule has 0 saturated carbocycles. The average Bonchev–Trinajstić information content (AvgIpc) is 3.17. The molecule has 0 unspecified atom stereocenters. The molecule has 0 saturated heterocycles. The summed E-state index contributed by atoms with van der Waals surface area (Å²) in [6.45, 7) is 9.04. The standard InChI is InChI=1S/C22H28N4O5/c1-6-30-21(28)19-11-25(12-23-19)16-7-8-20-17(10-16)18(24-22(29)31-13(2)3)9-14(4)26(20)15(5)27/h7-8,10-14,18H,6,9H2,1-5H3,(H,24,29)/t14-,18+/m1/s1. The predicted molar refractivity (Wildman–Crippen MR) is 114 cm³/mol. The summed E-state index contributed by atoms with van der Waals surface area (Å²) in [6, 6.07) is 5.14. The van der Waals surface area contributed by atoms with Crippen LogP contribution in [-0.2, 0) is 14.3 Å². The number of fused-ring (bicyclic) bond motifs is 1. The summed E-state index contributed by atoms with van der Waals surface area (Å²) < 4.78 is 11.9. The van der Waals surface area contributed by atoms with Crippen molar-refractivity contribution in [3.05, 3.63) is 42.0 Å². The van der Waals surface area contributed by atoms with Crippen molar-refractivity contribution >= 4 is 23.7 Å². The smallest absolute Gasteiger partial charge is 0.407 e. The molecule has 1 aromatic carbocycles. The summed E-state index contributed by atoms with van der Waals surface area (Å²) in [7, 11) is 0. The molecule has 0 fully saturated rings. The van der Waals surface area contributed by atoms with Crippen LogP contribution in [0, 0.1) is 0 Å². The number of carbonyl (C=O) groups is 3. The maximum Gasteiger partial charge on any atom is 0.407 e. The molecular formula is C22H28N4O5. The Morgan fingerprint density at radius 1 is 1.29 bits per heavy atom. The number of hydrogen-bond acceptors (Lipinski definition) is 6. The highest BCUT2D eigenvalue weighted by atomic mass is 16.6. The molecule has 166 valence electrons. The Bertz CT molecular complexity index is 984. The first-order chi connectivity index (χ1) is 14.7. The van der Waals surface area contributed by atoms with E-state index in [0.717, 1.165) is 16.9 Å². The molecule has 0 bridgehead atoms. The van der Waals surface area contributed by atoms with Gasteiger partial charge in [0.1, 0.15) is 6.33 Å². The van der Waals surface area contributed by atoms with E-state index in [0.29, 0.717) is 6.42 Å². The second kappa shape index (κ2) is 9.20. The van der Waals surface area contributed by atoms with Crippen LogP contribution >= 0.6 is 0 Å². The highest BCUT2D eigenvalue weighted by Crippen LogP contribution is 2.38. The molecule has 1 aromatic heterocycles. The number of nitrogens with one attached hydrogen (secondary N) is 1. The second-order valence-electron chi connectivity index (χ2n) is 7.75. The van der Waals surface area contributed by atoms with Gasteiger partial charge >= 0.3 is 12.1 Å². The fraction of sp³-hybridized carbons (Fsp3) is 0.455. The lowest BCUT2D eigenvalue weighted by atomic mass is 9.91. The number of anilines is 1. The lowest BCUT2D eigenvalue weighted by Crippen LogP contribution is -2.45. The zero-order chi connectivity index (χ0) is 22.7. The largest absolute Gasteiger partial charge is 0.461 e. The van der Waals surface area contributed by atoms with Crippen LogP contribution in [0.25, 0.3) is 5.69 Å². The number of ether oxygens (including phenoxy) is 2. The molecule has 0 radical (unpaired) electrons. The molecule has 2 heterocycles. The van der Waals surface area contributed by atoms with Gasteiger partial charge in [-0.05, 0) is 52.3 Å². The third kappa shape index (κ3) is 4.87. The van der Waals surface area contributed by atoms with E-state index in [1.807, 2.05) is 25.1 Å². The number of hydrogen-bond donors (Lipinski definition) is 1. The van der Waals surface area contributed by atoms with Crippen LogP contribution in [0.2, 0.25) is 0 Å². The number of benzene rings is 1. The molecule has 2 aromatic rings.